The van der Waals surface area contributed by atoms with Crippen LogP contribution in [-0.4, -0.2) is 9.78 Å². The van der Waals surface area contributed by atoms with E-state index in [4.69, 9.17) is 5.73 Å². The summed E-state index contributed by atoms with van der Waals surface area (Å²) in [5.41, 5.74) is 9.91. The number of aromatic nitrogens is 2. The van der Waals surface area contributed by atoms with Crippen LogP contribution in [0.5, 0.6) is 0 Å². The van der Waals surface area contributed by atoms with Gasteiger partial charge >= 0.3 is 0 Å². The predicted octanol–water partition coefficient (Wildman–Crippen LogP) is 3.41. The van der Waals surface area contributed by atoms with E-state index in [1.807, 2.05) is 23.7 Å². The Balaban J connectivity index is 2.36. The molecule has 0 radical (unpaired) electrons. The number of nitrogens with zero attached hydrogens (tertiary/aromatic N) is 2. The topological polar surface area (TPSA) is 55.9 Å². The Morgan fingerprint density at radius 2 is 1.78 bits per heavy atom. The van der Waals surface area contributed by atoms with Crippen LogP contribution in [0.25, 0.3) is 0 Å². The molecule has 0 aliphatic heterocycles. The molecule has 0 saturated heterocycles. The van der Waals surface area contributed by atoms with Gasteiger partial charge in [0.1, 0.15) is 0 Å². The van der Waals surface area contributed by atoms with Crippen LogP contribution in [0.3, 0.4) is 0 Å². The van der Waals surface area contributed by atoms with Gasteiger partial charge in [-0.2, -0.15) is 5.10 Å². The molecule has 0 spiro atoms. The summed E-state index contributed by atoms with van der Waals surface area (Å²) >= 11 is 0. The highest BCUT2D eigenvalue weighted by molar-refractivity contribution is 5.71. The summed E-state index contributed by atoms with van der Waals surface area (Å²) in [4.78, 5) is 0. The molecule has 0 bridgehead atoms. The van der Waals surface area contributed by atoms with E-state index < -0.39 is 0 Å². The van der Waals surface area contributed by atoms with E-state index in [2.05, 4.69) is 43.3 Å². The van der Waals surface area contributed by atoms with E-state index in [1.54, 1.807) is 0 Å². The highest BCUT2D eigenvalue weighted by Gasteiger charge is 2.14. The number of nitrogens with two attached hydrogens (primary N) is 1. The number of nitrogens with one attached hydrogen (secondary N) is 1. The minimum absolute atomic E-state index is 0.272. The molecule has 1 aromatic heterocycles. The lowest BCUT2D eigenvalue weighted by Crippen LogP contribution is -2.08. The van der Waals surface area contributed by atoms with Gasteiger partial charge < -0.3 is 11.1 Å². The summed E-state index contributed by atoms with van der Waals surface area (Å²) in [5.74, 6) is 0.867. The largest absolute Gasteiger partial charge is 0.394 e. The molecule has 1 aromatic carbocycles. The molecule has 4 nitrogen and oxygen atoms in total. The molecular weight excluding hydrogens is 224 g/mol. The van der Waals surface area contributed by atoms with E-state index in [1.165, 1.54) is 5.56 Å². The first-order valence-corrected chi connectivity index (χ1v) is 6.17. The second kappa shape index (κ2) is 4.72. The summed E-state index contributed by atoms with van der Waals surface area (Å²) < 4.78 is 1.92. The third-order valence-corrected chi connectivity index (χ3v) is 2.94. The summed E-state index contributed by atoms with van der Waals surface area (Å²) in [6, 6.07) is 8.50. The molecule has 4 heteroatoms. The van der Waals surface area contributed by atoms with Crippen molar-refractivity contribution in [1.29, 1.82) is 0 Å². The fourth-order valence-corrected chi connectivity index (χ4v) is 1.83. The molecule has 18 heavy (non-hydrogen) atoms. The van der Waals surface area contributed by atoms with Crippen molar-refractivity contribution in [3.63, 3.8) is 0 Å². The van der Waals surface area contributed by atoms with Gasteiger partial charge in [-0.25, -0.2) is 4.68 Å². The number of anilines is 3. The second-order valence-corrected chi connectivity index (χ2v) is 4.88. The normalized spacial score (nSPS) is 10.9. The highest BCUT2D eigenvalue weighted by atomic mass is 15.4. The maximum atomic E-state index is 6.07. The van der Waals surface area contributed by atoms with Crippen molar-refractivity contribution in [2.24, 2.45) is 0 Å². The number of hydrogen-bond acceptors (Lipinski definition) is 3. The predicted molar refractivity (Wildman–Crippen MR) is 76.2 cm³/mol. The summed E-state index contributed by atoms with van der Waals surface area (Å²) in [6.45, 7) is 8.17. The third kappa shape index (κ3) is 2.32. The minimum Gasteiger partial charge on any atom is -0.394 e. The molecule has 0 unspecified atom stereocenters. The van der Waals surface area contributed by atoms with Crippen LogP contribution >= 0.6 is 0 Å². The highest BCUT2D eigenvalue weighted by Crippen LogP contribution is 2.28. The van der Waals surface area contributed by atoms with Gasteiger partial charge in [0.15, 0.2) is 5.82 Å². The van der Waals surface area contributed by atoms with Gasteiger partial charge in [-0.1, -0.05) is 17.7 Å². The van der Waals surface area contributed by atoms with E-state index >= 15 is 0 Å². The Morgan fingerprint density at radius 1 is 1.17 bits per heavy atom. The molecule has 0 aliphatic rings. The molecule has 0 amide bonds. The summed E-state index contributed by atoms with van der Waals surface area (Å²) in [5, 5.41) is 7.80. The average molecular weight is 244 g/mol. The molecule has 0 atom stereocenters. The molecule has 0 saturated carbocycles. The summed E-state index contributed by atoms with van der Waals surface area (Å²) in [7, 11) is 0. The SMILES string of the molecule is Cc1ccc(Nc2c(N)c(C)nn2C(C)C)cc1. The van der Waals surface area contributed by atoms with Crippen molar-refractivity contribution < 1.29 is 0 Å². The Labute approximate surface area is 108 Å². The lowest BCUT2D eigenvalue weighted by atomic mass is 10.2. The number of benzene rings is 1. The molecule has 96 valence electrons. The molecule has 0 fully saturated rings. The number of aryl methyl sites for hydroxylation is 2. The quantitative estimate of drug-likeness (QED) is 0.870. The van der Waals surface area contributed by atoms with Gasteiger partial charge in [-0.3, -0.25) is 0 Å². The Bertz CT molecular complexity index is 538. The zero-order valence-corrected chi connectivity index (χ0v) is 11.4. The Morgan fingerprint density at radius 3 is 2.33 bits per heavy atom. The maximum Gasteiger partial charge on any atom is 0.152 e. The fraction of sp³-hybridized carbons (Fsp3) is 0.357. The van der Waals surface area contributed by atoms with Crippen LogP contribution in [-0.2, 0) is 0 Å². The van der Waals surface area contributed by atoms with Crippen LogP contribution < -0.4 is 11.1 Å². The zero-order valence-electron chi connectivity index (χ0n) is 11.4. The summed E-state index contributed by atoms with van der Waals surface area (Å²) in [6.07, 6.45) is 0. The molecule has 2 aromatic rings. The third-order valence-electron chi connectivity index (χ3n) is 2.94. The van der Waals surface area contributed by atoms with Crippen LogP contribution in [0, 0.1) is 13.8 Å². The van der Waals surface area contributed by atoms with Gasteiger partial charge in [0.05, 0.1) is 11.4 Å². The molecule has 0 aliphatic carbocycles. The number of nitrogen functional groups attached to an aromatic ring is 1. The Kier molecular flexibility index (Phi) is 3.28. The second-order valence-electron chi connectivity index (χ2n) is 4.88. The van der Waals surface area contributed by atoms with E-state index in [0.717, 1.165) is 17.2 Å². The first-order valence-electron chi connectivity index (χ1n) is 6.17. The monoisotopic (exact) mass is 244 g/mol. The average Bonchev–Trinajstić information content (AvgIpc) is 2.60. The smallest absolute Gasteiger partial charge is 0.152 e. The van der Waals surface area contributed by atoms with Gasteiger partial charge in [-0.05, 0) is 39.8 Å². The van der Waals surface area contributed by atoms with Crippen molar-refractivity contribution in [3.8, 4) is 0 Å². The number of rotatable bonds is 3. The van der Waals surface area contributed by atoms with E-state index in [9.17, 15) is 0 Å². The molecular formula is C14H20N4. The zero-order chi connectivity index (χ0) is 13.3. The molecule has 3 N–H and O–H groups in total. The molecule has 1 heterocycles. The van der Waals surface area contributed by atoms with Crippen LogP contribution in [0.1, 0.15) is 31.1 Å². The van der Waals surface area contributed by atoms with Crippen molar-refractivity contribution in [2.75, 3.05) is 11.1 Å². The van der Waals surface area contributed by atoms with Crippen LogP contribution in [0.15, 0.2) is 24.3 Å². The van der Waals surface area contributed by atoms with E-state index in [0.29, 0.717) is 5.69 Å². The van der Waals surface area contributed by atoms with E-state index in [-0.39, 0.29) is 6.04 Å². The van der Waals surface area contributed by atoms with Crippen LogP contribution in [0.2, 0.25) is 0 Å². The fourth-order valence-electron chi connectivity index (χ4n) is 1.83. The molecule has 2 rings (SSSR count). The number of hydrogen-bond donors (Lipinski definition) is 2. The van der Waals surface area contributed by atoms with Crippen molar-refractivity contribution in [1.82, 2.24) is 9.78 Å². The van der Waals surface area contributed by atoms with Crippen molar-refractivity contribution >= 4 is 17.2 Å². The van der Waals surface area contributed by atoms with Gasteiger partial charge in [0.25, 0.3) is 0 Å². The standard InChI is InChI=1S/C14H20N4/c1-9(2)18-14(13(15)11(4)17-18)16-12-7-5-10(3)6-8-12/h5-9,16H,15H2,1-4H3. The maximum absolute atomic E-state index is 6.07. The first kappa shape index (κ1) is 12.5. The van der Waals surface area contributed by atoms with Gasteiger partial charge in [0.2, 0.25) is 0 Å². The Hall–Kier alpha value is -1.97. The van der Waals surface area contributed by atoms with Crippen molar-refractivity contribution in [2.45, 2.75) is 33.7 Å². The van der Waals surface area contributed by atoms with Gasteiger partial charge in [0, 0.05) is 11.7 Å². The van der Waals surface area contributed by atoms with Crippen molar-refractivity contribution in [3.05, 3.63) is 35.5 Å². The van der Waals surface area contributed by atoms with Gasteiger partial charge in [-0.15, -0.1) is 0 Å². The minimum atomic E-state index is 0.272. The van der Waals surface area contributed by atoms with Crippen LogP contribution in [0.4, 0.5) is 17.2 Å². The lowest BCUT2D eigenvalue weighted by molar-refractivity contribution is 0.536. The first-order chi connectivity index (χ1) is 8.49. The lowest BCUT2D eigenvalue weighted by Gasteiger charge is -2.13.